The number of carbonyl (C=O) groups excluding carboxylic acids is 2. The van der Waals surface area contributed by atoms with Crippen LogP contribution in [0.1, 0.15) is 20.3 Å². The topological polar surface area (TPSA) is 67.9 Å². The normalized spacial score (nSPS) is 16.8. The maximum absolute atomic E-state index is 12.3. The van der Waals surface area contributed by atoms with Crippen molar-refractivity contribution in [1.82, 2.24) is 4.90 Å². The van der Waals surface area contributed by atoms with Crippen molar-refractivity contribution in [1.29, 1.82) is 0 Å². The predicted molar refractivity (Wildman–Crippen MR) is 82.9 cm³/mol. The molecule has 1 aliphatic heterocycles. The Balaban J connectivity index is 1.95. The summed E-state index contributed by atoms with van der Waals surface area (Å²) in [7, 11) is 0. The van der Waals surface area contributed by atoms with Gasteiger partial charge in [0.2, 0.25) is 5.91 Å². The van der Waals surface area contributed by atoms with Gasteiger partial charge in [-0.05, 0) is 30.7 Å². The van der Waals surface area contributed by atoms with Crippen LogP contribution >= 0.6 is 0 Å². The molecule has 22 heavy (non-hydrogen) atoms. The Labute approximate surface area is 130 Å². The number of nitrogens with zero attached hydrogens (tertiary/aromatic N) is 1. The van der Waals surface area contributed by atoms with E-state index in [1.165, 1.54) is 6.92 Å². The number of amides is 1. The molecule has 1 atom stereocenters. The molecule has 2 rings (SSSR count). The number of nitrogens with one attached hydrogen (secondary N) is 1. The molecule has 1 unspecified atom stereocenters. The third kappa shape index (κ3) is 4.54. The van der Waals surface area contributed by atoms with Crippen LogP contribution < -0.4 is 10.1 Å². The van der Waals surface area contributed by atoms with Gasteiger partial charge in [0.1, 0.15) is 11.8 Å². The lowest BCUT2D eigenvalue weighted by molar-refractivity contribution is -0.142. The highest BCUT2D eigenvalue weighted by atomic mass is 16.5. The Kier molecular flexibility index (Phi) is 5.91. The zero-order chi connectivity index (χ0) is 15.9. The zero-order valence-electron chi connectivity index (χ0n) is 13.0. The fourth-order valence-electron chi connectivity index (χ4n) is 2.46. The molecule has 6 heteroatoms. The Bertz CT molecular complexity index is 509. The number of benzene rings is 1. The molecule has 6 nitrogen and oxygen atoms in total. The number of hydrogen-bond acceptors (Lipinski definition) is 5. The summed E-state index contributed by atoms with van der Waals surface area (Å²) in [6, 6.07) is 6.52. The summed E-state index contributed by atoms with van der Waals surface area (Å²) < 4.78 is 10.8. The highest BCUT2D eigenvalue weighted by Gasteiger charge is 2.27. The second kappa shape index (κ2) is 7.91. The Morgan fingerprint density at radius 3 is 2.45 bits per heavy atom. The lowest BCUT2D eigenvalue weighted by Gasteiger charge is -2.32. The van der Waals surface area contributed by atoms with Crippen LogP contribution in [0.2, 0.25) is 0 Å². The van der Waals surface area contributed by atoms with Crippen LogP contribution in [0, 0.1) is 0 Å². The van der Waals surface area contributed by atoms with Crippen LogP contribution in [-0.2, 0) is 14.3 Å². The molecule has 0 saturated carbocycles. The monoisotopic (exact) mass is 306 g/mol. The second-order valence-electron chi connectivity index (χ2n) is 5.20. The van der Waals surface area contributed by atoms with Crippen molar-refractivity contribution in [3.05, 3.63) is 24.3 Å². The molecule has 0 bridgehead atoms. The molecular weight excluding hydrogens is 284 g/mol. The van der Waals surface area contributed by atoms with E-state index in [9.17, 15) is 9.59 Å². The van der Waals surface area contributed by atoms with Crippen LogP contribution in [-0.4, -0.2) is 49.1 Å². The van der Waals surface area contributed by atoms with E-state index in [1.54, 1.807) is 24.3 Å². The lowest BCUT2D eigenvalue weighted by Crippen LogP contribution is -2.48. The van der Waals surface area contributed by atoms with Gasteiger partial charge in [-0.1, -0.05) is 6.92 Å². The summed E-state index contributed by atoms with van der Waals surface area (Å²) in [5.74, 6) is 0.0885. The van der Waals surface area contributed by atoms with Gasteiger partial charge in [-0.3, -0.25) is 9.69 Å². The summed E-state index contributed by atoms with van der Waals surface area (Å²) in [5, 5.41) is 2.67. The molecule has 0 aliphatic carbocycles. The quantitative estimate of drug-likeness (QED) is 0.662. The predicted octanol–water partition coefficient (Wildman–Crippen LogP) is 1.66. The summed E-state index contributed by atoms with van der Waals surface area (Å²) >= 11 is 0. The van der Waals surface area contributed by atoms with Crippen molar-refractivity contribution >= 4 is 17.6 Å². The van der Waals surface area contributed by atoms with E-state index < -0.39 is 0 Å². The first kappa shape index (κ1) is 16.5. The van der Waals surface area contributed by atoms with Gasteiger partial charge in [0.15, 0.2) is 0 Å². The van der Waals surface area contributed by atoms with Crippen molar-refractivity contribution in [2.45, 2.75) is 26.3 Å². The standard InChI is InChI=1S/C16H22N2O4/c1-3-15(18-8-10-21-11-9-18)16(20)22-14-6-4-13(5-7-14)17-12(2)19/h4-7,15H,3,8-11H2,1-2H3,(H,17,19). The minimum atomic E-state index is -0.253. The van der Waals surface area contributed by atoms with Crippen LogP contribution in [0.3, 0.4) is 0 Å². The Morgan fingerprint density at radius 1 is 1.27 bits per heavy atom. The van der Waals surface area contributed by atoms with Crippen molar-refractivity contribution < 1.29 is 19.1 Å². The van der Waals surface area contributed by atoms with E-state index in [-0.39, 0.29) is 17.9 Å². The van der Waals surface area contributed by atoms with Crippen molar-refractivity contribution in [3.63, 3.8) is 0 Å². The third-order valence-corrected chi connectivity index (χ3v) is 3.54. The van der Waals surface area contributed by atoms with Crippen LogP contribution in [0.5, 0.6) is 5.75 Å². The smallest absolute Gasteiger partial charge is 0.328 e. The fourth-order valence-corrected chi connectivity index (χ4v) is 2.46. The van der Waals surface area contributed by atoms with E-state index >= 15 is 0 Å². The molecule has 0 aromatic heterocycles. The SMILES string of the molecule is CCC(C(=O)Oc1ccc(NC(C)=O)cc1)N1CCOCC1. The Morgan fingerprint density at radius 2 is 1.91 bits per heavy atom. The van der Waals surface area contributed by atoms with Gasteiger partial charge in [-0.15, -0.1) is 0 Å². The zero-order valence-corrected chi connectivity index (χ0v) is 13.0. The molecule has 120 valence electrons. The fraction of sp³-hybridized carbons (Fsp3) is 0.500. The van der Waals surface area contributed by atoms with Crippen LogP contribution in [0.4, 0.5) is 5.69 Å². The Hall–Kier alpha value is -1.92. The van der Waals surface area contributed by atoms with Crippen LogP contribution in [0.25, 0.3) is 0 Å². The van der Waals surface area contributed by atoms with Gasteiger partial charge in [-0.2, -0.15) is 0 Å². The largest absolute Gasteiger partial charge is 0.425 e. The maximum Gasteiger partial charge on any atom is 0.328 e. The molecule has 1 aromatic rings. The molecule has 1 saturated heterocycles. The minimum absolute atomic E-state index is 0.136. The van der Waals surface area contributed by atoms with Crippen molar-refractivity contribution in [2.75, 3.05) is 31.6 Å². The number of morpholine rings is 1. The first-order valence-electron chi connectivity index (χ1n) is 7.51. The van der Waals surface area contributed by atoms with E-state index in [4.69, 9.17) is 9.47 Å². The van der Waals surface area contributed by atoms with Gasteiger partial charge < -0.3 is 14.8 Å². The highest BCUT2D eigenvalue weighted by Crippen LogP contribution is 2.18. The molecule has 1 fully saturated rings. The van der Waals surface area contributed by atoms with Gasteiger partial charge in [0.05, 0.1) is 13.2 Å². The van der Waals surface area contributed by atoms with Crippen LogP contribution in [0.15, 0.2) is 24.3 Å². The summed E-state index contributed by atoms with van der Waals surface area (Å²) in [6.07, 6.45) is 0.697. The summed E-state index contributed by atoms with van der Waals surface area (Å²) in [6.45, 7) is 6.21. The second-order valence-corrected chi connectivity index (χ2v) is 5.20. The van der Waals surface area contributed by atoms with E-state index in [0.717, 1.165) is 13.1 Å². The summed E-state index contributed by atoms with van der Waals surface area (Å²) in [5.41, 5.74) is 0.674. The highest BCUT2D eigenvalue weighted by molar-refractivity contribution is 5.88. The average Bonchev–Trinajstić information content (AvgIpc) is 2.50. The van der Waals surface area contributed by atoms with Crippen molar-refractivity contribution in [2.24, 2.45) is 0 Å². The number of hydrogen-bond donors (Lipinski definition) is 1. The number of esters is 1. The molecule has 1 aromatic carbocycles. The lowest BCUT2D eigenvalue weighted by atomic mass is 10.2. The van der Waals surface area contributed by atoms with Crippen molar-refractivity contribution in [3.8, 4) is 5.75 Å². The first-order chi connectivity index (χ1) is 10.6. The average molecular weight is 306 g/mol. The number of anilines is 1. The number of carbonyl (C=O) groups is 2. The number of ether oxygens (including phenoxy) is 2. The molecule has 1 heterocycles. The van der Waals surface area contributed by atoms with Gasteiger partial charge in [0.25, 0.3) is 0 Å². The molecule has 1 aliphatic rings. The molecule has 0 spiro atoms. The van der Waals surface area contributed by atoms with E-state index in [2.05, 4.69) is 10.2 Å². The third-order valence-electron chi connectivity index (χ3n) is 3.54. The van der Waals surface area contributed by atoms with Gasteiger partial charge >= 0.3 is 5.97 Å². The number of rotatable bonds is 5. The first-order valence-corrected chi connectivity index (χ1v) is 7.51. The van der Waals surface area contributed by atoms with E-state index in [0.29, 0.717) is 31.1 Å². The maximum atomic E-state index is 12.3. The summed E-state index contributed by atoms with van der Waals surface area (Å²) in [4.78, 5) is 25.4. The molecule has 1 N–H and O–H groups in total. The van der Waals surface area contributed by atoms with Gasteiger partial charge in [0, 0.05) is 25.7 Å². The molecule has 1 amide bonds. The molecule has 0 radical (unpaired) electrons. The van der Waals surface area contributed by atoms with Gasteiger partial charge in [-0.25, -0.2) is 4.79 Å². The van der Waals surface area contributed by atoms with E-state index in [1.807, 2.05) is 6.92 Å². The molecular formula is C16H22N2O4. The minimum Gasteiger partial charge on any atom is -0.425 e.